The van der Waals surface area contributed by atoms with E-state index in [2.05, 4.69) is 4.90 Å². The number of thiophene rings is 1. The number of nitrogens with zero attached hydrogens (tertiary/aromatic N) is 3. The molecule has 1 saturated heterocycles. The van der Waals surface area contributed by atoms with Gasteiger partial charge in [0.15, 0.2) is 0 Å². The zero-order valence-corrected chi connectivity index (χ0v) is 17.0. The average Bonchev–Trinajstić information content (AvgIpc) is 3.23. The highest BCUT2D eigenvalue weighted by Crippen LogP contribution is 2.23. The second kappa shape index (κ2) is 8.28. The number of carbonyl (C=O) groups excluding carboxylic acids is 1. The fraction of sp³-hybridized carbons (Fsp3) is 0.389. The standard InChI is InChI=1S/C18H23N3O4S2/c1-19(27(23,24)18-7-4-12-26-18)14-17(22)21-10-8-20(9-11-21)15-5-3-6-16(13-15)25-2/h3-7,12-13H,8-11,14H2,1-2H3. The summed E-state index contributed by atoms with van der Waals surface area (Å²) in [6.45, 7) is 2.35. The van der Waals surface area contributed by atoms with Gasteiger partial charge in [0.25, 0.3) is 10.0 Å². The predicted molar refractivity (Wildman–Crippen MR) is 106 cm³/mol. The smallest absolute Gasteiger partial charge is 0.252 e. The molecule has 1 aromatic heterocycles. The molecule has 27 heavy (non-hydrogen) atoms. The molecule has 2 aromatic rings. The number of amides is 1. The molecular weight excluding hydrogens is 386 g/mol. The quantitative estimate of drug-likeness (QED) is 0.727. The topological polar surface area (TPSA) is 70.2 Å². The van der Waals surface area contributed by atoms with Crippen LogP contribution in [0.25, 0.3) is 0 Å². The van der Waals surface area contributed by atoms with E-state index in [0.29, 0.717) is 26.2 Å². The molecule has 0 bridgehead atoms. The van der Waals surface area contributed by atoms with Crippen LogP contribution in [0, 0.1) is 0 Å². The molecule has 1 aliphatic rings. The summed E-state index contributed by atoms with van der Waals surface area (Å²) in [6, 6.07) is 11.1. The normalized spacial score (nSPS) is 15.2. The van der Waals surface area contributed by atoms with E-state index in [0.717, 1.165) is 27.1 Å². The van der Waals surface area contributed by atoms with E-state index in [9.17, 15) is 13.2 Å². The number of hydrogen-bond acceptors (Lipinski definition) is 6. The third kappa shape index (κ3) is 4.42. The number of sulfonamides is 1. The number of rotatable bonds is 6. The molecule has 7 nitrogen and oxygen atoms in total. The Balaban J connectivity index is 1.57. The summed E-state index contributed by atoms with van der Waals surface area (Å²) in [6.07, 6.45) is 0. The third-order valence-electron chi connectivity index (χ3n) is 4.57. The van der Waals surface area contributed by atoms with Crippen LogP contribution >= 0.6 is 11.3 Å². The van der Waals surface area contributed by atoms with Gasteiger partial charge in [-0.15, -0.1) is 11.3 Å². The van der Waals surface area contributed by atoms with Gasteiger partial charge < -0.3 is 14.5 Å². The summed E-state index contributed by atoms with van der Waals surface area (Å²) >= 11 is 1.15. The molecule has 146 valence electrons. The zero-order chi connectivity index (χ0) is 19.4. The van der Waals surface area contributed by atoms with Crippen molar-refractivity contribution in [3.8, 4) is 5.75 Å². The van der Waals surface area contributed by atoms with Crippen LogP contribution < -0.4 is 9.64 Å². The molecule has 0 spiro atoms. The van der Waals surface area contributed by atoms with Gasteiger partial charge in [-0.05, 0) is 23.6 Å². The van der Waals surface area contributed by atoms with Gasteiger partial charge in [-0.2, -0.15) is 4.31 Å². The molecular formula is C18H23N3O4S2. The molecule has 0 unspecified atom stereocenters. The summed E-state index contributed by atoms with van der Waals surface area (Å²) < 4.78 is 31.5. The van der Waals surface area contributed by atoms with E-state index in [1.807, 2.05) is 24.3 Å². The lowest BCUT2D eigenvalue weighted by molar-refractivity contribution is -0.131. The second-order valence-electron chi connectivity index (χ2n) is 6.26. The molecule has 2 heterocycles. The monoisotopic (exact) mass is 409 g/mol. The Kier molecular flexibility index (Phi) is 6.03. The van der Waals surface area contributed by atoms with Crippen LogP contribution in [-0.2, 0) is 14.8 Å². The van der Waals surface area contributed by atoms with Gasteiger partial charge in [-0.3, -0.25) is 4.79 Å². The molecule has 9 heteroatoms. The first kappa shape index (κ1) is 19.7. The summed E-state index contributed by atoms with van der Waals surface area (Å²) in [5.74, 6) is 0.620. The van der Waals surface area contributed by atoms with Crippen molar-refractivity contribution in [1.82, 2.24) is 9.21 Å². The van der Waals surface area contributed by atoms with Gasteiger partial charge in [0.05, 0.1) is 13.7 Å². The van der Waals surface area contributed by atoms with E-state index in [1.165, 1.54) is 7.05 Å². The summed E-state index contributed by atoms with van der Waals surface area (Å²) in [5.41, 5.74) is 1.05. The number of ether oxygens (including phenoxy) is 1. The van der Waals surface area contributed by atoms with Crippen LogP contribution in [0.5, 0.6) is 5.75 Å². The first-order chi connectivity index (χ1) is 12.9. The highest BCUT2D eigenvalue weighted by Gasteiger charge is 2.27. The number of piperazine rings is 1. The fourth-order valence-electron chi connectivity index (χ4n) is 2.96. The maximum Gasteiger partial charge on any atom is 0.252 e. The van der Waals surface area contributed by atoms with Gasteiger partial charge in [-0.1, -0.05) is 12.1 Å². The number of hydrogen-bond donors (Lipinski definition) is 0. The van der Waals surface area contributed by atoms with Crippen molar-refractivity contribution in [2.75, 3.05) is 51.8 Å². The zero-order valence-electron chi connectivity index (χ0n) is 15.4. The molecule has 1 fully saturated rings. The van der Waals surface area contributed by atoms with E-state index in [-0.39, 0.29) is 16.7 Å². The highest BCUT2D eigenvalue weighted by atomic mass is 32.2. The number of likely N-dealkylation sites (N-methyl/N-ethyl adjacent to an activating group) is 1. The number of benzene rings is 1. The highest BCUT2D eigenvalue weighted by molar-refractivity contribution is 7.91. The minimum atomic E-state index is -3.61. The average molecular weight is 410 g/mol. The lowest BCUT2D eigenvalue weighted by atomic mass is 10.2. The maximum absolute atomic E-state index is 12.6. The van der Waals surface area contributed by atoms with Gasteiger partial charge >= 0.3 is 0 Å². The van der Waals surface area contributed by atoms with Crippen LogP contribution in [0.3, 0.4) is 0 Å². The largest absolute Gasteiger partial charge is 0.497 e. The molecule has 1 amide bonds. The molecule has 1 aliphatic heterocycles. The third-order valence-corrected chi connectivity index (χ3v) is 7.74. The first-order valence-electron chi connectivity index (χ1n) is 8.58. The van der Waals surface area contributed by atoms with Crippen LogP contribution in [0.1, 0.15) is 0 Å². The predicted octanol–water partition coefficient (Wildman–Crippen LogP) is 1.73. The summed E-state index contributed by atoms with van der Waals surface area (Å²) in [5, 5.41) is 1.71. The lowest BCUT2D eigenvalue weighted by Gasteiger charge is -2.36. The van der Waals surface area contributed by atoms with Crippen molar-refractivity contribution in [3.05, 3.63) is 41.8 Å². The Morgan fingerprint density at radius 2 is 1.93 bits per heavy atom. The lowest BCUT2D eigenvalue weighted by Crippen LogP contribution is -2.51. The van der Waals surface area contributed by atoms with Crippen molar-refractivity contribution < 1.29 is 17.9 Å². The van der Waals surface area contributed by atoms with Crippen LogP contribution in [0.15, 0.2) is 46.0 Å². The van der Waals surface area contributed by atoms with Crippen molar-refractivity contribution in [2.45, 2.75) is 4.21 Å². The van der Waals surface area contributed by atoms with Crippen LogP contribution in [0.4, 0.5) is 5.69 Å². The van der Waals surface area contributed by atoms with Crippen LogP contribution in [0.2, 0.25) is 0 Å². The fourth-order valence-corrected chi connectivity index (χ4v) is 5.28. The van der Waals surface area contributed by atoms with Crippen molar-refractivity contribution in [2.24, 2.45) is 0 Å². The molecule has 0 saturated carbocycles. The summed E-state index contributed by atoms with van der Waals surface area (Å²) in [4.78, 5) is 16.5. The number of methoxy groups -OCH3 is 1. The molecule has 0 radical (unpaired) electrons. The van der Waals surface area contributed by atoms with Crippen molar-refractivity contribution >= 4 is 33.0 Å². The van der Waals surface area contributed by atoms with E-state index < -0.39 is 10.0 Å². The van der Waals surface area contributed by atoms with Gasteiger partial charge in [-0.25, -0.2) is 8.42 Å². The maximum atomic E-state index is 12.6. The Labute approximate surface area is 163 Å². The SMILES string of the molecule is COc1cccc(N2CCN(C(=O)CN(C)S(=O)(=O)c3cccs3)CC2)c1. The number of anilines is 1. The molecule has 3 rings (SSSR count). The van der Waals surface area contributed by atoms with E-state index >= 15 is 0 Å². The molecule has 0 N–H and O–H groups in total. The van der Waals surface area contributed by atoms with Crippen molar-refractivity contribution in [1.29, 1.82) is 0 Å². The molecule has 1 aromatic carbocycles. The summed E-state index contributed by atoms with van der Waals surface area (Å²) in [7, 11) is -0.532. The van der Waals surface area contributed by atoms with E-state index in [1.54, 1.807) is 29.5 Å². The Hall–Kier alpha value is -2.10. The minimum absolute atomic E-state index is 0.153. The molecule has 0 atom stereocenters. The molecule has 0 aliphatic carbocycles. The Morgan fingerprint density at radius 3 is 2.56 bits per heavy atom. The Bertz CT molecular complexity index is 876. The van der Waals surface area contributed by atoms with Gasteiger partial charge in [0.1, 0.15) is 9.96 Å². The van der Waals surface area contributed by atoms with Crippen LogP contribution in [-0.4, -0.2) is 70.4 Å². The first-order valence-corrected chi connectivity index (χ1v) is 10.9. The second-order valence-corrected chi connectivity index (χ2v) is 9.48. The number of carbonyl (C=O) groups is 1. The minimum Gasteiger partial charge on any atom is -0.497 e. The van der Waals surface area contributed by atoms with Gasteiger partial charge in [0, 0.05) is 45.0 Å². The van der Waals surface area contributed by atoms with E-state index in [4.69, 9.17) is 4.74 Å². The van der Waals surface area contributed by atoms with Gasteiger partial charge in [0.2, 0.25) is 5.91 Å². The Morgan fingerprint density at radius 1 is 1.19 bits per heavy atom. The van der Waals surface area contributed by atoms with Crippen molar-refractivity contribution in [3.63, 3.8) is 0 Å².